The summed E-state index contributed by atoms with van der Waals surface area (Å²) in [5, 5.41) is 14.2. The van der Waals surface area contributed by atoms with Crippen molar-refractivity contribution in [3.05, 3.63) is 83.9 Å². The molecule has 0 aromatic heterocycles. The quantitative estimate of drug-likeness (QED) is 0.266. The van der Waals surface area contributed by atoms with Crippen molar-refractivity contribution in [3.63, 3.8) is 0 Å². The van der Waals surface area contributed by atoms with E-state index in [0.29, 0.717) is 18.3 Å². The molecule has 0 spiro atoms. The SMILES string of the molecule is CN(C(=O)COc1ccccc1N(CC1CCCCC1)C(=O)CNC(=O)Nc1cccc(C(=O)O)c1)c1cc(F)cc(F)c1. The Morgan fingerprint density at radius 2 is 1.61 bits per heavy atom. The summed E-state index contributed by atoms with van der Waals surface area (Å²) in [6.45, 7) is -0.453. The first-order valence-electron chi connectivity index (χ1n) is 14.2. The molecule has 0 unspecified atom stereocenters. The summed E-state index contributed by atoms with van der Waals surface area (Å²) in [6.07, 6.45) is 5.09. The van der Waals surface area contributed by atoms with Gasteiger partial charge in [-0.05, 0) is 61.2 Å². The van der Waals surface area contributed by atoms with Crippen molar-refractivity contribution in [2.45, 2.75) is 32.1 Å². The van der Waals surface area contributed by atoms with E-state index in [1.54, 1.807) is 24.3 Å². The Kier molecular flexibility index (Phi) is 10.8. The minimum atomic E-state index is -1.14. The molecule has 0 bridgehead atoms. The number of carboxylic acids is 1. The fourth-order valence-electron chi connectivity index (χ4n) is 5.03. The van der Waals surface area contributed by atoms with Crippen LogP contribution in [0.3, 0.4) is 0 Å². The van der Waals surface area contributed by atoms with Crippen molar-refractivity contribution in [2.24, 2.45) is 5.92 Å². The van der Waals surface area contributed by atoms with Gasteiger partial charge in [-0.25, -0.2) is 18.4 Å². The summed E-state index contributed by atoms with van der Waals surface area (Å²) in [4.78, 5) is 52.8. The maximum Gasteiger partial charge on any atom is 0.335 e. The third-order valence-electron chi connectivity index (χ3n) is 7.35. The average molecular weight is 609 g/mol. The van der Waals surface area contributed by atoms with Crippen molar-refractivity contribution in [1.29, 1.82) is 0 Å². The van der Waals surface area contributed by atoms with Crippen molar-refractivity contribution in [2.75, 3.05) is 41.9 Å². The molecular weight excluding hydrogens is 574 g/mol. The normalized spacial score (nSPS) is 13.1. The Hall–Kier alpha value is -5.00. The van der Waals surface area contributed by atoms with Gasteiger partial charge in [0.05, 0.1) is 17.8 Å². The van der Waals surface area contributed by atoms with Gasteiger partial charge in [-0.3, -0.25) is 9.59 Å². The maximum atomic E-state index is 13.7. The number of hydrogen-bond donors (Lipinski definition) is 3. The minimum absolute atomic E-state index is 0.00177. The number of likely N-dealkylation sites (N-methyl/N-ethyl adjacent to an activating group) is 1. The van der Waals surface area contributed by atoms with Crippen LogP contribution in [-0.2, 0) is 9.59 Å². The van der Waals surface area contributed by atoms with Crippen LogP contribution in [0, 0.1) is 17.6 Å². The number of benzene rings is 3. The van der Waals surface area contributed by atoms with Gasteiger partial charge in [0.15, 0.2) is 6.61 Å². The van der Waals surface area contributed by atoms with Crippen molar-refractivity contribution in [1.82, 2.24) is 5.32 Å². The van der Waals surface area contributed by atoms with Gasteiger partial charge in [0.25, 0.3) is 5.91 Å². The Morgan fingerprint density at radius 1 is 0.909 bits per heavy atom. The van der Waals surface area contributed by atoms with Crippen LogP contribution >= 0.6 is 0 Å². The maximum absolute atomic E-state index is 13.7. The molecule has 232 valence electrons. The number of halogens is 2. The smallest absolute Gasteiger partial charge is 0.335 e. The number of nitrogens with one attached hydrogen (secondary N) is 2. The Bertz CT molecular complexity index is 1490. The molecule has 0 saturated heterocycles. The largest absolute Gasteiger partial charge is 0.482 e. The number of carbonyl (C=O) groups is 4. The first kappa shape index (κ1) is 31.9. The third-order valence-corrected chi connectivity index (χ3v) is 7.35. The highest BCUT2D eigenvalue weighted by Gasteiger charge is 2.25. The molecule has 4 amide bonds. The van der Waals surface area contributed by atoms with Crippen LogP contribution in [0.5, 0.6) is 5.75 Å². The molecule has 0 atom stereocenters. The molecule has 1 fully saturated rings. The van der Waals surface area contributed by atoms with E-state index in [9.17, 15) is 33.1 Å². The summed E-state index contributed by atoms with van der Waals surface area (Å²) in [5.41, 5.74) is 0.689. The van der Waals surface area contributed by atoms with E-state index >= 15 is 0 Å². The van der Waals surface area contributed by atoms with E-state index in [0.717, 1.165) is 49.1 Å². The number of rotatable bonds is 11. The lowest BCUT2D eigenvalue weighted by Gasteiger charge is -2.31. The summed E-state index contributed by atoms with van der Waals surface area (Å²) < 4.78 is 33.2. The number of aromatic carboxylic acids is 1. The number of para-hydroxylation sites is 2. The number of ether oxygens (including phenoxy) is 1. The highest BCUT2D eigenvalue weighted by Crippen LogP contribution is 2.32. The van der Waals surface area contributed by atoms with Crippen LogP contribution in [0.2, 0.25) is 0 Å². The van der Waals surface area contributed by atoms with Gasteiger partial charge >= 0.3 is 12.0 Å². The van der Waals surface area contributed by atoms with Gasteiger partial charge in [0, 0.05) is 31.0 Å². The molecule has 3 N–H and O–H groups in total. The number of hydrogen-bond acceptors (Lipinski definition) is 5. The summed E-state index contributed by atoms with van der Waals surface area (Å²) in [6, 6.07) is 14.5. The highest BCUT2D eigenvalue weighted by molar-refractivity contribution is 6.00. The van der Waals surface area contributed by atoms with E-state index < -0.39 is 42.1 Å². The van der Waals surface area contributed by atoms with Gasteiger partial charge in [-0.15, -0.1) is 0 Å². The summed E-state index contributed by atoms with van der Waals surface area (Å²) >= 11 is 0. The van der Waals surface area contributed by atoms with Crippen molar-refractivity contribution in [3.8, 4) is 5.75 Å². The summed E-state index contributed by atoms with van der Waals surface area (Å²) in [7, 11) is 1.37. The monoisotopic (exact) mass is 608 g/mol. The van der Waals surface area contributed by atoms with E-state index in [2.05, 4.69) is 10.6 Å². The van der Waals surface area contributed by atoms with Crippen LogP contribution in [0.4, 0.5) is 30.6 Å². The molecular formula is C32H34F2N4O6. The topological polar surface area (TPSA) is 128 Å². The number of carbonyl (C=O) groups excluding carboxylic acids is 3. The second-order valence-electron chi connectivity index (χ2n) is 10.5. The fourth-order valence-corrected chi connectivity index (χ4v) is 5.03. The number of anilines is 3. The molecule has 4 rings (SSSR count). The van der Waals surface area contributed by atoms with Crippen molar-refractivity contribution >= 4 is 40.9 Å². The first-order valence-corrected chi connectivity index (χ1v) is 14.2. The standard InChI is InChI=1S/C32H34F2N4O6/c1-37(26-16-23(33)15-24(34)17-26)30(40)20-44-28-13-6-5-12-27(28)38(19-21-8-3-2-4-9-21)29(39)18-35-32(43)36-25-11-7-10-22(14-25)31(41)42/h5-7,10-17,21H,2-4,8-9,18-20H2,1H3,(H,41,42)(H2,35,36,43). The first-order chi connectivity index (χ1) is 21.1. The molecule has 1 aliphatic carbocycles. The average Bonchev–Trinajstić information content (AvgIpc) is 3.01. The highest BCUT2D eigenvalue weighted by atomic mass is 19.1. The molecule has 3 aromatic rings. The predicted molar refractivity (Wildman–Crippen MR) is 161 cm³/mol. The predicted octanol–water partition coefficient (Wildman–Crippen LogP) is 5.44. The molecule has 0 aliphatic heterocycles. The molecule has 44 heavy (non-hydrogen) atoms. The molecule has 1 aliphatic rings. The fraction of sp³-hybridized carbons (Fsp3) is 0.312. The molecule has 3 aromatic carbocycles. The Labute approximate surface area is 253 Å². The van der Waals surface area contributed by atoms with E-state index in [1.165, 1.54) is 36.2 Å². The molecule has 0 heterocycles. The second kappa shape index (κ2) is 14.9. The van der Waals surface area contributed by atoms with Crippen LogP contribution in [0.1, 0.15) is 42.5 Å². The number of nitrogens with zero attached hydrogens (tertiary/aromatic N) is 2. The molecule has 1 saturated carbocycles. The lowest BCUT2D eigenvalue weighted by Crippen LogP contribution is -2.44. The molecule has 10 nitrogen and oxygen atoms in total. The third kappa shape index (κ3) is 8.76. The Morgan fingerprint density at radius 3 is 2.32 bits per heavy atom. The second-order valence-corrected chi connectivity index (χ2v) is 10.5. The van der Waals surface area contributed by atoms with E-state index in [4.69, 9.17) is 4.74 Å². The minimum Gasteiger partial charge on any atom is -0.482 e. The van der Waals surface area contributed by atoms with Gasteiger partial charge in [-0.2, -0.15) is 0 Å². The molecule has 12 heteroatoms. The zero-order valence-corrected chi connectivity index (χ0v) is 24.2. The van der Waals surface area contributed by atoms with Gasteiger partial charge < -0.3 is 30.3 Å². The van der Waals surface area contributed by atoms with Gasteiger partial charge in [0.1, 0.15) is 17.4 Å². The van der Waals surface area contributed by atoms with Crippen LogP contribution in [0.25, 0.3) is 0 Å². The van der Waals surface area contributed by atoms with Crippen LogP contribution < -0.4 is 25.2 Å². The lowest BCUT2D eigenvalue weighted by molar-refractivity contribution is -0.120. The zero-order valence-electron chi connectivity index (χ0n) is 24.2. The van der Waals surface area contributed by atoms with Crippen molar-refractivity contribution < 1.29 is 37.8 Å². The lowest BCUT2D eigenvalue weighted by atomic mass is 9.89. The zero-order chi connectivity index (χ0) is 31.6. The van der Waals surface area contributed by atoms with Crippen LogP contribution in [0.15, 0.2) is 66.7 Å². The number of amides is 4. The number of urea groups is 1. The van der Waals surface area contributed by atoms with E-state index in [-0.39, 0.29) is 35.2 Å². The summed E-state index contributed by atoms with van der Waals surface area (Å²) in [5.74, 6) is -3.29. The number of carboxylic acid groups (broad SMARTS) is 1. The van der Waals surface area contributed by atoms with Gasteiger partial charge in [-0.1, -0.05) is 37.5 Å². The van der Waals surface area contributed by atoms with E-state index in [1.807, 2.05) is 0 Å². The Balaban J connectivity index is 1.46. The van der Waals surface area contributed by atoms with Gasteiger partial charge in [0.2, 0.25) is 5.91 Å². The molecule has 0 radical (unpaired) electrons. The van der Waals surface area contributed by atoms with Crippen LogP contribution in [-0.4, -0.2) is 55.7 Å².